The van der Waals surface area contributed by atoms with Crippen molar-refractivity contribution in [3.63, 3.8) is 0 Å². The molecule has 0 saturated carbocycles. The first-order valence-corrected chi connectivity index (χ1v) is 20.5. The van der Waals surface area contributed by atoms with E-state index in [1.807, 2.05) is 35.6 Å². The van der Waals surface area contributed by atoms with Crippen molar-refractivity contribution in [1.29, 1.82) is 0 Å². The van der Waals surface area contributed by atoms with Crippen LogP contribution < -0.4 is 4.74 Å². The van der Waals surface area contributed by atoms with E-state index in [4.69, 9.17) is 4.74 Å². The summed E-state index contributed by atoms with van der Waals surface area (Å²) in [6, 6.07) is 44.7. The Morgan fingerprint density at radius 3 is 1.95 bits per heavy atom. The highest BCUT2D eigenvalue weighted by atomic mass is 32.1. The second-order valence-electron chi connectivity index (χ2n) is 14.8. The Morgan fingerprint density at radius 1 is 0.483 bits per heavy atom. The number of fused-ring (bicyclic) bond motifs is 8. The van der Waals surface area contributed by atoms with E-state index in [1.54, 1.807) is 0 Å². The van der Waals surface area contributed by atoms with Gasteiger partial charge in [0.05, 0.1) is 0 Å². The van der Waals surface area contributed by atoms with Gasteiger partial charge in [-0.3, -0.25) is 0 Å². The van der Waals surface area contributed by atoms with Crippen LogP contribution >= 0.6 is 11.3 Å². The van der Waals surface area contributed by atoms with E-state index in [0.717, 1.165) is 62.1 Å². The zero-order valence-electron chi connectivity index (χ0n) is 32.2. The van der Waals surface area contributed by atoms with Crippen molar-refractivity contribution in [2.24, 2.45) is 0 Å². The number of ether oxygens (including phenoxy) is 1. The first kappa shape index (κ1) is 35.4. The van der Waals surface area contributed by atoms with E-state index < -0.39 is 0 Å². The van der Waals surface area contributed by atoms with Gasteiger partial charge in [-0.05, 0) is 137 Å². The molecule has 0 bridgehead atoms. The molecule has 0 aliphatic carbocycles. The van der Waals surface area contributed by atoms with E-state index in [-0.39, 0.29) is 0 Å². The summed E-state index contributed by atoms with van der Waals surface area (Å²) in [6.45, 7) is 17.5. The summed E-state index contributed by atoms with van der Waals surface area (Å²) in [4.78, 5) is 0. The molecule has 0 spiro atoms. The summed E-state index contributed by atoms with van der Waals surface area (Å²) in [5.74, 6) is 0.991. The van der Waals surface area contributed by atoms with Crippen LogP contribution in [0.25, 0.3) is 110 Å². The molecule has 0 N–H and O–H groups in total. The third-order valence-corrected chi connectivity index (χ3v) is 12.8. The van der Waals surface area contributed by atoms with Crippen LogP contribution in [-0.4, -0.2) is 6.61 Å². The molecular formula is C56H40OS. The molecule has 0 unspecified atom stereocenters. The van der Waals surface area contributed by atoms with Gasteiger partial charge in [0.2, 0.25) is 0 Å². The Hall–Kier alpha value is -7.00. The summed E-state index contributed by atoms with van der Waals surface area (Å²) in [5, 5.41) is 9.63. The highest BCUT2D eigenvalue weighted by Gasteiger charge is 2.21. The monoisotopic (exact) mass is 760 g/mol. The zero-order chi connectivity index (χ0) is 39.3. The summed E-state index contributed by atoms with van der Waals surface area (Å²) in [7, 11) is 0. The molecule has 2 heterocycles. The lowest BCUT2D eigenvalue weighted by Crippen LogP contribution is -1.98. The molecule has 9 aromatic rings. The van der Waals surface area contributed by atoms with Crippen LogP contribution in [0.4, 0.5) is 0 Å². The van der Waals surface area contributed by atoms with Gasteiger partial charge in [-0.1, -0.05) is 154 Å². The minimum atomic E-state index is 0.558. The molecule has 0 radical (unpaired) electrons. The molecule has 1 aromatic heterocycles. The van der Waals surface area contributed by atoms with E-state index in [1.165, 1.54) is 63.8 Å². The minimum absolute atomic E-state index is 0.558. The maximum Gasteiger partial charge on any atom is 0.131 e. The highest BCUT2D eigenvalue weighted by Crippen LogP contribution is 2.46. The van der Waals surface area contributed by atoms with Crippen molar-refractivity contribution >= 4 is 88.1 Å². The molecule has 0 fully saturated rings. The second kappa shape index (κ2) is 14.5. The second-order valence-corrected chi connectivity index (χ2v) is 15.9. The molecule has 276 valence electrons. The summed E-state index contributed by atoms with van der Waals surface area (Å²) < 4.78 is 8.95. The Balaban J connectivity index is 1.08. The van der Waals surface area contributed by atoms with Crippen molar-refractivity contribution < 1.29 is 4.74 Å². The fourth-order valence-electron chi connectivity index (χ4n) is 8.95. The summed E-state index contributed by atoms with van der Waals surface area (Å²) in [5.41, 5.74) is 12.4. The van der Waals surface area contributed by atoms with E-state index in [0.29, 0.717) is 6.61 Å². The molecule has 8 aromatic carbocycles. The van der Waals surface area contributed by atoms with Crippen molar-refractivity contribution in [2.45, 2.75) is 6.42 Å². The summed E-state index contributed by atoms with van der Waals surface area (Å²) in [6.07, 6.45) is 17.1. The van der Waals surface area contributed by atoms with Crippen LogP contribution in [-0.2, 0) is 6.42 Å². The molecule has 10 rings (SSSR count). The van der Waals surface area contributed by atoms with Gasteiger partial charge in [0, 0.05) is 25.6 Å². The highest BCUT2D eigenvalue weighted by molar-refractivity contribution is 7.25. The smallest absolute Gasteiger partial charge is 0.131 e. The number of benzene rings is 8. The average Bonchev–Trinajstić information content (AvgIpc) is 3.68. The molecule has 1 aliphatic rings. The SMILES string of the molecule is C=Cc1cccc(-c2c(C=C)c(C=C)c(-c3ccc4cc(-c5ccc6sc7cc8ccc9c(c8cc7c6c5)OC/C=C\C=C/C9)ccc4c3)c3ccccc23)c1C=C. The van der Waals surface area contributed by atoms with Gasteiger partial charge in [0.25, 0.3) is 0 Å². The normalized spacial score (nSPS) is 13.7. The third-order valence-electron chi connectivity index (χ3n) is 11.7. The molecule has 58 heavy (non-hydrogen) atoms. The van der Waals surface area contributed by atoms with Crippen molar-refractivity contribution in [3.05, 3.63) is 200 Å². The summed E-state index contributed by atoms with van der Waals surface area (Å²) >= 11 is 1.86. The molecule has 1 aliphatic heterocycles. The number of rotatable bonds is 7. The standard InChI is InChI=1S/C56H40OS/c1-5-35-17-15-20-46(43(35)6-2)55-45(8-4)44(7-3)54(47-18-12-13-19-48(47)55)42-26-24-37-30-38(22-23-39(37)31-42)40-27-28-52-50(32-40)51-34-49-41(33-53(51)58-52)25-21-36-16-11-9-10-14-29-57-56(36)49/h5-15,17-28,30-34H,1-4,16,29H2/b11-9-,14-10-. The Bertz CT molecular complexity index is 3270. The van der Waals surface area contributed by atoms with Gasteiger partial charge in [-0.15, -0.1) is 11.3 Å². The van der Waals surface area contributed by atoms with Crippen molar-refractivity contribution in [2.75, 3.05) is 6.61 Å². The van der Waals surface area contributed by atoms with Gasteiger partial charge in [0.15, 0.2) is 0 Å². The Labute approximate surface area is 343 Å². The van der Waals surface area contributed by atoms with Crippen LogP contribution in [0.3, 0.4) is 0 Å². The molecule has 2 heteroatoms. The van der Waals surface area contributed by atoms with Gasteiger partial charge in [-0.2, -0.15) is 0 Å². The molecule has 0 atom stereocenters. The maximum atomic E-state index is 6.38. The first-order chi connectivity index (χ1) is 28.6. The molecule has 0 saturated heterocycles. The fraction of sp³-hybridized carbons (Fsp3) is 0.0357. The maximum absolute atomic E-state index is 6.38. The van der Waals surface area contributed by atoms with Crippen LogP contribution in [0, 0.1) is 0 Å². The van der Waals surface area contributed by atoms with E-state index in [9.17, 15) is 0 Å². The number of allylic oxidation sites excluding steroid dienone is 3. The zero-order valence-corrected chi connectivity index (χ0v) is 33.0. The third kappa shape index (κ3) is 5.76. The number of thiophene rings is 1. The van der Waals surface area contributed by atoms with Gasteiger partial charge in [-0.25, -0.2) is 0 Å². The van der Waals surface area contributed by atoms with E-state index >= 15 is 0 Å². The van der Waals surface area contributed by atoms with Crippen LogP contribution in [0.2, 0.25) is 0 Å². The first-order valence-electron chi connectivity index (χ1n) is 19.7. The van der Waals surface area contributed by atoms with Crippen molar-refractivity contribution in [3.8, 4) is 39.1 Å². The van der Waals surface area contributed by atoms with E-state index in [2.05, 4.69) is 172 Å². The van der Waals surface area contributed by atoms with Gasteiger partial charge >= 0.3 is 0 Å². The van der Waals surface area contributed by atoms with Crippen LogP contribution in [0.1, 0.15) is 27.8 Å². The number of hydrogen-bond donors (Lipinski definition) is 0. The van der Waals surface area contributed by atoms with Gasteiger partial charge < -0.3 is 4.74 Å². The fourth-order valence-corrected chi connectivity index (χ4v) is 10.1. The lowest BCUT2D eigenvalue weighted by atomic mass is 9.81. The Kier molecular flexibility index (Phi) is 8.85. The largest absolute Gasteiger partial charge is 0.489 e. The van der Waals surface area contributed by atoms with Crippen molar-refractivity contribution in [1.82, 2.24) is 0 Å². The molecule has 1 nitrogen and oxygen atoms in total. The lowest BCUT2D eigenvalue weighted by molar-refractivity contribution is 0.364. The Morgan fingerprint density at radius 2 is 1.16 bits per heavy atom. The number of hydrogen-bond acceptors (Lipinski definition) is 2. The molecular weight excluding hydrogens is 721 g/mol. The quantitative estimate of drug-likeness (QED) is 0.157. The topological polar surface area (TPSA) is 9.23 Å². The minimum Gasteiger partial charge on any atom is -0.489 e. The van der Waals surface area contributed by atoms with Gasteiger partial charge in [0.1, 0.15) is 12.4 Å². The predicted molar refractivity (Wildman–Crippen MR) is 256 cm³/mol. The average molecular weight is 761 g/mol. The lowest BCUT2D eigenvalue weighted by Gasteiger charge is -2.22. The molecule has 0 amide bonds. The van der Waals surface area contributed by atoms with Crippen LogP contribution in [0.15, 0.2) is 172 Å². The predicted octanol–water partition coefficient (Wildman–Crippen LogP) is 16.1. The van der Waals surface area contributed by atoms with Crippen LogP contribution in [0.5, 0.6) is 5.75 Å².